The van der Waals surface area contributed by atoms with Gasteiger partial charge in [-0.2, -0.15) is 0 Å². The van der Waals surface area contributed by atoms with Crippen molar-refractivity contribution >= 4 is 17.7 Å². The van der Waals surface area contributed by atoms with Gasteiger partial charge in [-0.05, 0) is 37.5 Å². The van der Waals surface area contributed by atoms with Crippen molar-refractivity contribution in [2.45, 2.75) is 38.8 Å². The van der Waals surface area contributed by atoms with E-state index in [4.69, 9.17) is 9.84 Å². The average molecular weight is 294 g/mol. The van der Waals surface area contributed by atoms with E-state index in [0.717, 1.165) is 5.56 Å². The highest BCUT2D eigenvalue weighted by Gasteiger charge is 2.08. The smallest absolute Gasteiger partial charge is 0.319 e. The number of rotatable bonds is 8. The molecule has 0 saturated carbocycles. The van der Waals surface area contributed by atoms with Gasteiger partial charge in [0.1, 0.15) is 0 Å². The predicted molar refractivity (Wildman–Crippen MR) is 80.3 cm³/mol. The van der Waals surface area contributed by atoms with E-state index in [2.05, 4.69) is 10.6 Å². The van der Waals surface area contributed by atoms with Gasteiger partial charge in [0, 0.05) is 25.3 Å². The highest BCUT2D eigenvalue weighted by atomic mass is 16.5. The monoisotopic (exact) mass is 294 g/mol. The van der Waals surface area contributed by atoms with E-state index in [1.54, 1.807) is 13.2 Å². The third-order valence-corrected chi connectivity index (χ3v) is 2.90. The molecule has 116 valence electrons. The molecule has 0 heterocycles. The zero-order valence-corrected chi connectivity index (χ0v) is 12.4. The molecule has 3 N–H and O–H groups in total. The van der Waals surface area contributed by atoms with Crippen LogP contribution in [0.15, 0.2) is 24.3 Å². The fraction of sp³-hybridized carbons (Fsp3) is 0.467. The molecule has 2 amide bonds. The number of urea groups is 1. The van der Waals surface area contributed by atoms with Crippen molar-refractivity contribution in [3.05, 3.63) is 29.8 Å². The van der Waals surface area contributed by atoms with Crippen LogP contribution < -0.4 is 10.6 Å². The maximum Gasteiger partial charge on any atom is 0.319 e. The van der Waals surface area contributed by atoms with Gasteiger partial charge in [-0.1, -0.05) is 12.1 Å². The van der Waals surface area contributed by atoms with Crippen LogP contribution >= 0.6 is 0 Å². The van der Waals surface area contributed by atoms with E-state index in [9.17, 15) is 9.59 Å². The molecule has 1 aromatic rings. The highest BCUT2D eigenvalue weighted by Crippen LogP contribution is 2.11. The molecule has 1 atom stereocenters. The Morgan fingerprint density at radius 1 is 1.38 bits per heavy atom. The van der Waals surface area contributed by atoms with E-state index < -0.39 is 5.97 Å². The van der Waals surface area contributed by atoms with Gasteiger partial charge in [0.05, 0.1) is 6.61 Å². The maximum absolute atomic E-state index is 11.8. The number of carbonyl (C=O) groups excluding carboxylic acids is 1. The van der Waals surface area contributed by atoms with Crippen molar-refractivity contribution in [2.24, 2.45) is 0 Å². The number of hydrogen-bond donors (Lipinski definition) is 3. The number of carboxylic acid groups (broad SMARTS) is 1. The summed E-state index contributed by atoms with van der Waals surface area (Å²) in [6, 6.07) is 7.03. The number of hydrogen-bond acceptors (Lipinski definition) is 3. The molecule has 0 aromatic heterocycles. The molecule has 21 heavy (non-hydrogen) atoms. The Morgan fingerprint density at radius 3 is 2.81 bits per heavy atom. The SMILES string of the molecule is COCc1cccc(NC(=O)NC(C)CCCC(=O)O)c1. The van der Waals surface area contributed by atoms with E-state index in [1.807, 2.05) is 25.1 Å². The topological polar surface area (TPSA) is 87.7 Å². The summed E-state index contributed by atoms with van der Waals surface area (Å²) in [4.78, 5) is 22.2. The molecule has 0 bridgehead atoms. The Hall–Kier alpha value is -2.08. The van der Waals surface area contributed by atoms with Gasteiger partial charge in [-0.3, -0.25) is 4.79 Å². The van der Waals surface area contributed by atoms with Crippen molar-refractivity contribution in [3.63, 3.8) is 0 Å². The van der Waals surface area contributed by atoms with E-state index in [0.29, 0.717) is 25.1 Å². The normalized spacial score (nSPS) is 11.7. The molecule has 6 nitrogen and oxygen atoms in total. The van der Waals surface area contributed by atoms with Crippen LogP contribution in [-0.2, 0) is 16.1 Å². The minimum Gasteiger partial charge on any atom is -0.481 e. The summed E-state index contributed by atoms with van der Waals surface area (Å²) in [6.45, 7) is 2.34. The molecular weight excluding hydrogens is 272 g/mol. The quantitative estimate of drug-likeness (QED) is 0.687. The second-order valence-corrected chi connectivity index (χ2v) is 4.92. The second kappa shape index (κ2) is 8.97. The first-order chi connectivity index (χ1) is 10.0. The fourth-order valence-electron chi connectivity index (χ4n) is 1.93. The summed E-state index contributed by atoms with van der Waals surface area (Å²) in [5.74, 6) is -0.818. The van der Waals surface area contributed by atoms with Crippen LogP contribution in [0.3, 0.4) is 0 Å². The predicted octanol–water partition coefficient (Wildman–Crippen LogP) is 2.60. The Morgan fingerprint density at radius 2 is 2.14 bits per heavy atom. The molecular formula is C15H22N2O4. The van der Waals surface area contributed by atoms with Crippen LogP contribution in [0.4, 0.5) is 10.5 Å². The number of amides is 2. The highest BCUT2D eigenvalue weighted by molar-refractivity contribution is 5.89. The number of carbonyl (C=O) groups is 2. The minimum absolute atomic E-state index is 0.0773. The summed E-state index contributed by atoms with van der Waals surface area (Å²) in [5, 5.41) is 14.1. The Balaban J connectivity index is 2.38. The summed E-state index contributed by atoms with van der Waals surface area (Å²) >= 11 is 0. The number of carboxylic acids is 1. The average Bonchev–Trinajstić information content (AvgIpc) is 2.38. The molecule has 0 aliphatic heterocycles. The van der Waals surface area contributed by atoms with Crippen LogP contribution in [0.1, 0.15) is 31.7 Å². The molecule has 0 radical (unpaired) electrons. The molecule has 1 rings (SSSR count). The third kappa shape index (κ3) is 7.31. The first-order valence-corrected chi connectivity index (χ1v) is 6.88. The van der Waals surface area contributed by atoms with Crippen molar-refractivity contribution in [1.82, 2.24) is 5.32 Å². The van der Waals surface area contributed by atoms with Crippen molar-refractivity contribution in [2.75, 3.05) is 12.4 Å². The lowest BCUT2D eigenvalue weighted by atomic mass is 10.1. The molecule has 6 heteroatoms. The summed E-state index contributed by atoms with van der Waals surface area (Å²) in [5.41, 5.74) is 1.67. The van der Waals surface area contributed by atoms with Crippen LogP contribution in [-0.4, -0.2) is 30.3 Å². The second-order valence-electron chi connectivity index (χ2n) is 4.92. The molecule has 0 spiro atoms. The van der Waals surface area contributed by atoms with Crippen molar-refractivity contribution in [1.29, 1.82) is 0 Å². The summed E-state index contributed by atoms with van der Waals surface area (Å²) < 4.78 is 5.04. The van der Waals surface area contributed by atoms with Crippen LogP contribution in [0.25, 0.3) is 0 Å². The number of aliphatic carboxylic acids is 1. The van der Waals surface area contributed by atoms with Gasteiger partial charge in [-0.25, -0.2) is 4.79 Å². The molecule has 0 aliphatic rings. The van der Waals surface area contributed by atoms with Gasteiger partial charge in [0.25, 0.3) is 0 Å². The standard InChI is InChI=1S/C15H22N2O4/c1-11(5-3-8-14(18)19)16-15(20)17-13-7-4-6-12(9-13)10-21-2/h4,6-7,9,11H,3,5,8,10H2,1-2H3,(H,18,19)(H2,16,17,20). The number of nitrogens with one attached hydrogen (secondary N) is 2. The maximum atomic E-state index is 11.8. The molecule has 0 saturated heterocycles. The molecule has 0 aliphatic carbocycles. The van der Waals surface area contributed by atoms with Gasteiger partial charge < -0.3 is 20.5 Å². The van der Waals surface area contributed by atoms with Crippen LogP contribution in [0.5, 0.6) is 0 Å². The van der Waals surface area contributed by atoms with Gasteiger partial charge in [0.15, 0.2) is 0 Å². The number of methoxy groups -OCH3 is 1. The zero-order valence-electron chi connectivity index (χ0n) is 12.4. The van der Waals surface area contributed by atoms with E-state index >= 15 is 0 Å². The minimum atomic E-state index is -0.818. The number of ether oxygens (including phenoxy) is 1. The Bertz CT molecular complexity index is 476. The van der Waals surface area contributed by atoms with Crippen molar-refractivity contribution < 1.29 is 19.4 Å². The van der Waals surface area contributed by atoms with Crippen LogP contribution in [0.2, 0.25) is 0 Å². The summed E-state index contributed by atoms with van der Waals surface area (Å²) in [6.07, 6.45) is 1.29. The first kappa shape index (κ1) is 17.0. The molecule has 1 unspecified atom stereocenters. The lowest BCUT2D eigenvalue weighted by molar-refractivity contribution is -0.137. The Labute approximate surface area is 124 Å². The fourth-order valence-corrected chi connectivity index (χ4v) is 1.93. The van der Waals surface area contributed by atoms with E-state index in [-0.39, 0.29) is 18.5 Å². The molecule has 1 aromatic carbocycles. The van der Waals surface area contributed by atoms with Crippen LogP contribution in [0, 0.1) is 0 Å². The Kier molecular flexibility index (Phi) is 7.25. The molecule has 0 fully saturated rings. The van der Waals surface area contributed by atoms with Crippen molar-refractivity contribution in [3.8, 4) is 0 Å². The number of benzene rings is 1. The largest absolute Gasteiger partial charge is 0.481 e. The first-order valence-electron chi connectivity index (χ1n) is 6.88. The van der Waals surface area contributed by atoms with Gasteiger partial charge >= 0.3 is 12.0 Å². The zero-order chi connectivity index (χ0) is 15.7. The van der Waals surface area contributed by atoms with Gasteiger partial charge in [-0.15, -0.1) is 0 Å². The lowest BCUT2D eigenvalue weighted by Crippen LogP contribution is -2.36. The number of anilines is 1. The summed E-state index contributed by atoms with van der Waals surface area (Å²) in [7, 11) is 1.62. The van der Waals surface area contributed by atoms with E-state index in [1.165, 1.54) is 0 Å². The van der Waals surface area contributed by atoms with Gasteiger partial charge in [0.2, 0.25) is 0 Å². The lowest BCUT2D eigenvalue weighted by Gasteiger charge is -2.14. The third-order valence-electron chi connectivity index (χ3n) is 2.90.